The monoisotopic (exact) mass is 556 g/mol. The van der Waals surface area contributed by atoms with Crippen molar-refractivity contribution in [2.75, 3.05) is 17.3 Å². The van der Waals surface area contributed by atoms with E-state index in [4.69, 9.17) is 0 Å². The highest BCUT2D eigenvalue weighted by Gasteiger charge is 2.73. The number of anilines is 1. The van der Waals surface area contributed by atoms with E-state index in [1.807, 2.05) is 0 Å². The highest BCUT2D eigenvalue weighted by molar-refractivity contribution is 7.90. The fourth-order valence-electron chi connectivity index (χ4n) is 3.65. The van der Waals surface area contributed by atoms with Gasteiger partial charge in [0.25, 0.3) is 11.8 Å². The predicted octanol–water partition coefficient (Wildman–Crippen LogP) is 5.01. The summed E-state index contributed by atoms with van der Waals surface area (Å²) in [5, 5.41) is 4.76. The van der Waals surface area contributed by atoms with Gasteiger partial charge in [-0.05, 0) is 44.0 Å². The van der Waals surface area contributed by atoms with E-state index in [-0.39, 0.29) is 34.2 Å². The van der Waals surface area contributed by atoms with Crippen LogP contribution in [-0.4, -0.2) is 50.6 Å². The van der Waals surface area contributed by atoms with Crippen molar-refractivity contribution in [2.24, 2.45) is 0 Å². The Balaban J connectivity index is 2.40. The second-order valence-corrected chi connectivity index (χ2v) is 10.8. The van der Waals surface area contributed by atoms with Crippen molar-refractivity contribution in [3.8, 4) is 0 Å². The molecule has 0 bridgehead atoms. The van der Waals surface area contributed by atoms with Gasteiger partial charge in [0.1, 0.15) is 9.84 Å². The van der Waals surface area contributed by atoms with Gasteiger partial charge in [-0.1, -0.05) is 24.3 Å². The van der Waals surface area contributed by atoms with Crippen LogP contribution in [-0.2, 0) is 15.5 Å². The van der Waals surface area contributed by atoms with Crippen molar-refractivity contribution < 1.29 is 48.7 Å². The molecule has 0 aliphatic heterocycles. The first-order valence-electron chi connectivity index (χ1n) is 10.5. The Labute approximate surface area is 208 Å². The molecule has 1 atom stereocenters. The molecule has 14 heteroatoms. The summed E-state index contributed by atoms with van der Waals surface area (Å²) in [6.45, 7) is 4.01. The van der Waals surface area contributed by atoms with Crippen LogP contribution in [0.15, 0.2) is 36.4 Å². The van der Waals surface area contributed by atoms with E-state index >= 15 is 0 Å². The Morgan fingerprint density at radius 3 is 1.95 bits per heavy atom. The number of nitrogens with one attached hydrogen (secondary N) is 2. The Hall–Kier alpha value is -3.16. The Bertz CT molecular complexity index is 1290. The highest BCUT2D eigenvalue weighted by Crippen LogP contribution is 2.53. The van der Waals surface area contributed by atoms with E-state index in [0.717, 1.165) is 13.2 Å². The van der Waals surface area contributed by atoms with Crippen molar-refractivity contribution in [3.63, 3.8) is 0 Å². The second kappa shape index (κ2) is 10.3. The quantitative estimate of drug-likeness (QED) is 0.470. The van der Waals surface area contributed by atoms with Crippen LogP contribution in [0.25, 0.3) is 0 Å². The first-order valence-corrected chi connectivity index (χ1v) is 12.6. The molecule has 6 nitrogen and oxygen atoms in total. The maximum Gasteiger partial charge on any atom is 0.435 e. The molecule has 0 spiro atoms. The molecule has 2 aromatic rings. The van der Waals surface area contributed by atoms with Gasteiger partial charge in [0, 0.05) is 23.5 Å². The van der Waals surface area contributed by atoms with Gasteiger partial charge in [-0.3, -0.25) is 9.59 Å². The average molecular weight is 557 g/mol. The summed E-state index contributed by atoms with van der Waals surface area (Å²) in [5.41, 5.74) is -7.84. The fraction of sp³-hybridized carbons (Fsp3) is 0.391. The summed E-state index contributed by atoms with van der Waals surface area (Å²) in [5.74, 6) is -2.08. The van der Waals surface area contributed by atoms with Gasteiger partial charge in [0.2, 0.25) is 0 Å². The molecule has 0 saturated heterocycles. The Kier molecular flexibility index (Phi) is 8.37. The Morgan fingerprint density at radius 2 is 1.46 bits per heavy atom. The molecule has 2 N–H and O–H groups in total. The lowest BCUT2D eigenvalue weighted by Gasteiger charge is -2.30. The second-order valence-electron chi connectivity index (χ2n) is 8.60. The average Bonchev–Trinajstić information content (AvgIpc) is 2.71. The molecule has 0 heterocycles. The van der Waals surface area contributed by atoms with Gasteiger partial charge in [0.05, 0.1) is 16.9 Å². The maximum absolute atomic E-state index is 14.4. The number of sulfone groups is 1. The van der Waals surface area contributed by atoms with E-state index in [1.54, 1.807) is 0 Å². The molecule has 0 aromatic heterocycles. The van der Waals surface area contributed by atoms with Crippen LogP contribution < -0.4 is 10.6 Å². The molecule has 2 aromatic carbocycles. The third-order valence-corrected chi connectivity index (χ3v) is 6.43. The zero-order valence-corrected chi connectivity index (χ0v) is 20.8. The third kappa shape index (κ3) is 6.59. The Morgan fingerprint density at radius 1 is 0.892 bits per heavy atom. The molecule has 0 radical (unpaired) electrons. The summed E-state index contributed by atoms with van der Waals surface area (Å²) >= 11 is 0. The van der Waals surface area contributed by atoms with E-state index in [1.165, 1.54) is 32.0 Å². The molecule has 204 valence electrons. The molecule has 2 rings (SSSR count). The van der Waals surface area contributed by atoms with Crippen molar-refractivity contribution in [3.05, 3.63) is 64.2 Å². The van der Waals surface area contributed by atoms with E-state index in [9.17, 15) is 48.7 Å². The van der Waals surface area contributed by atoms with Crippen LogP contribution in [0.1, 0.15) is 44.3 Å². The van der Waals surface area contributed by atoms with E-state index in [0.29, 0.717) is 17.7 Å². The van der Waals surface area contributed by atoms with Crippen molar-refractivity contribution in [1.82, 2.24) is 5.32 Å². The standard InChI is InChI=1S/C23H23F7N2O4S/c1-12-6-5-7-16(18(12)20(34)31-14(3)11-37(4,35)36)19(33)32-17-9-8-15(10-13(17)2)21(24,22(25,26)27)23(28,29)30/h5-10,14H,11H2,1-4H3,(H,31,34)(H,32,33)/t14-/m0/s1. The molecule has 0 fully saturated rings. The van der Waals surface area contributed by atoms with E-state index < -0.39 is 51.3 Å². The summed E-state index contributed by atoms with van der Waals surface area (Å²) in [7, 11) is -3.43. The topological polar surface area (TPSA) is 92.3 Å². The van der Waals surface area contributed by atoms with Gasteiger partial charge >= 0.3 is 18.0 Å². The van der Waals surface area contributed by atoms with Crippen LogP contribution in [0.4, 0.5) is 36.4 Å². The normalized spacial score (nSPS) is 13.7. The van der Waals surface area contributed by atoms with Gasteiger partial charge in [-0.25, -0.2) is 12.8 Å². The number of hydrogen-bond acceptors (Lipinski definition) is 4. The summed E-state index contributed by atoms with van der Waals surface area (Å²) in [6, 6.07) is 4.66. The highest BCUT2D eigenvalue weighted by atomic mass is 32.2. The molecule has 0 aliphatic carbocycles. The van der Waals surface area contributed by atoms with Crippen LogP contribution in [0.3, 0.4) is 0 Å². The molecular formula is C23H23F7N2O4S. The number of aryl methyl sites for hydroxylation is 2. The number of carbonyl (C=O) groups excluding carboxylic acids is 2. The number of alkyl halides is 7. The molecule has 37 heavy (non-hydrogen) atoms. The van der Waals surface area contributed by atoms with Crippen molar-refractivity contribution >= 4 is 27.3 Å². The van der Waals surface area contributed by atoms with Gasteiger partial charge < -0.3 is 10.6 Å². The third-order valence-electron chi connectivity index (χ3n) is 5.33. The lowest BCUT2D eigenvalue weighted by atomic mass is 9.92. The van der Waals surface area contributed by atoms with Crippen molar-refractivity contribution in [2.45, 2.75) is 44.8 Å². The predicted molar refractivity (Wildman–Crippen MR) is 122 cm³/mol. The molecule has 0 unspecified atom stereocenters. The van der Waals surface area contributed by atoms with Crippen LogP contribution in [0.5, 0.6) is 0 Å². The summed E-state index contributed by atoms with van der Waals surface area (Å²) < 4.78 is 116. The number of carbonyl (C=O) groups is 2. The number of halogens is 7. The molecule has 2 amide bonds. The summed E-state index contributed by atoms with van der Waals surface area (Å²) in [4.78, 5) is 25.7. The minimum absolute atomic E-state index is 0.119. The molecular weight excluding hydrogens is 533 g/mol. The van der Waals surface area contributed by atoms with Gasteiger partial charge in [-0.2, -0.15) is 26.3 Å². The van der Waals surface area contributed by atoms with Gasteiger partial charge in [0.15, 0.2) is 0 Å². The zero-order valence-electron chi connectivity index (χ0n) is 19.9. The minimum atomic E-state index is -6.29. The first kappa shape index (κ1) is 30.1. The number of rotatable bonds is 7. The van der Waals surface area contributed by atoms with Crippen LogP contribution in [0, 0.1) is 13.8 Å². The molecule has 0 saturated carbocycles. The first-order chi connectivity index (χ1) is 16.7. The van der Waals surface area contributed by atoms with Gasteiger partial charge in [-0.15, -0.1) is 0 Å². The lowest BCUT2D eigenvalue weighted by molar-refractivity contribution is -0.348. The van der Waals surface area contributed by atoms with Crippen LogP contribution in [0.2, 0.25) is 0 Å². The largest absolute Gasteiger partial charge is 0.435 e. The fourth-order valence-corrected chi connectivity index (χ4v) is 4.64. The van der Waals surface area contributed by atoms with Crippen molar-refractivity contribution in [1.29, 1.82) is 0 Å². The van der Waals surface area contributed by atoms with E-state index in [2.05, 4.69) is 10.6 Å². The number of amides is 2. The SMILES string of the molecule is Cc1cc(C(F)(C(F)(F)F)C(F)(F)F)ccc1NC(=O)c1cccc(C)c1C(=O)N[C@@H](C)CS(C)(=O)=O. The summed E-state index contributed by atoms with van der Waals surface area (Å²) in [6.07, 6.45) is -11.6. The zero-order chi connectivity index (χ0) is 28.6. The minimum Gasteiger partial charge on any atom is -0.349 e. The smallest absolute Gasteiger partial charge is 0.349 e. The van der Waals surface area contributed by atoms with Crippen LogP contribution >= 0.6 is 0 Å². The molecule has 0 aliphatic rings. The maximum atomic E-state index is 14.4. The number of benzene rings is 2. The lowest BCUT2D eigenvalue weighted by Crippen LogP contribution is -2.50. The number of hydrogen-bond donors (Lipinski definition) is 2.